The monoisotopic (exact) mass is 1530 g/mol. The Labute approximate surface area is 665 Å². The molecule has 3 saturated carbocycles. The van der Waals surface area contributed by atoms with Gasteiger partial charge < -0.3 is 53.6 Å². The van der Waals surface area contributed by atoms with Crippen molar-refractivity contribution in [2.75, 3.05) is 72.7 Å². The van der Waals surface area contributed by atoms with Crippen LogP contribution >= 0.6 is 0 Å². The fraction of sp³-hybridized carbons (Fsp3) is 0.562. The molecule has 0 unspecified atom stereocenters. The molecule has 3 aliphatic carbocycles. The Bertz CT molecular complexity index is 3830. The molecule has 15 heteroatoms. The van der Waals surface area contributed by atoms with Crippen LogP contribution in [0.4, 0.5) is 0 Å². The van der Waals surface area contributed by atoms with Gasteiger partial charge in [-0.3, -0.25) is 0 Å². The molecule has 0 aromatic heterocycles. The number of aliphatic hydroxyl groups excluding tert-OH is 4. The van der Waals surface area contributed by atoms with Crippen LogP contribution in [0.3, 0.4) is 0 Å². The molecule has 0 aliphatic heterocycles. The lowest BCUT2D eigenvalue weighted by Crippen LogP contribution is -2.41. The Morgan fingerprint density at radius 3 is 1.27 bits per heavy atom. The molecule has 8 rings (SSSR count). The fourth-order valence-corrected chi connectivity index (χ4v) is 16.0. The van der Waals surface area contributed by atoms with Gasteiger partial charge in [-0.15, -0.1) is 0 Å². The minimum absolute atomic E-state index is 0.0857. The maximum Gasteiger partial charge on any atom is 0.333 e. The number of unbranched alkanes of at least 4 members (excludes halogenated alkanes) is 2. The van der Waals surface area contributed by atoms with Crippen molar-refractivity contribution in [1.82, 2.24) is 0 Å². The number of hydrogen-bond donors (Lipinski definition) is 4. The number of carbonyl (C=O) groups is 4. The SMILES string of the molecule is C=C(C)C(=O)OCCCc1cc(-c2ccc(-c3ccc(C4CCC(CCCCC)CC4)cc3)cc2CC)c(CC)cc1OCC(CO)(CO)COC(=O)C(=C)C.C=C(C)C(=O)OCCCc1cc(-c2ccc(OCC3CCC(C4CCC(CCC)CC4)CC3)cc2C)c(CC)cc1OCC(CO)(CO)COC(=O)C(=C)C. The largest absolute Gasteiger partial charge is 0.493 e. The minimum atomic E-state index is -1.22. The summed E-state index contributed by atoms with van der Waals surface area (Å²) < 4.78 is 40.6. The van der Waals surface area contributed by atoms with E-state index in [0.29, 0.717) is 60.2 Å². The van der Waals surface area contributed by atoms with Crippen LogP contribution in [0, 0.1) is 47.3 Å². The number of ether oxygens (including phenoxy) is 7. The Morgan fingerprint density at radius 2 is 0.829 bits per heavy atom. The zero-order valence-corrected chi connectivity index (χ0v) is 69.1. The van der Waals surface area contributed by atoms with Crippen LogP contribution in [0.15, 0.2) is 134 Å². The highest BCUT2D eigenvalue weighted by Gasteiger charge is 2.36. The minimum Gasteiger partial charge on any atom is -0.493 e. The lowest BCUT2D eigenvalue weighted by atomic mass is 9.69. The number of aliphatic hydroxyl groups is 4. The van der Waals surface area contributed by atoms with E-state index in [4.69, 9.17) is 33.2 Å². The Hall–Kier alpha value is -7.82. The first kappa shape index (κ1) is 90.4. The molecule has 0 spiro atoms. The zero-order chi connectivity index (χ0) is 80.6. The Morgan fingerprint density at radius 1 is 0.405 bits per heavy atom. The van der Waals surface area contributed by atoms with Crippen molar-refractivity contribution in [3.63, 3.8) is 0 Å². The number of benzene rings is 5. The predicted octanol–water partition coefficient (Wildman–Crippen LogP) is 20.1. The molecule has 3 fully saturated rings. The molecule has 5 aromatic rings. The van der Waals surface area contributed by atoms with Gasteiger partial charge in [0.15, 0.2) is 0 Å². The van der Waals surface area contributed by atoms with Gasteiger partial charge in [-0.05, 0) is 288 Å². The average molecular weight is 1530 g/mol. The molecule has 4 N–H and O–H groups in total. The molecular weight excluding hydrogens is 1390 g/mol. The molecule has 111 heavy (non-hydrogen) atoms. The van der Waals surface area contributed by atoms with Crippen LogP contribution in [0.2, 0.25) is 0 Å². The van der Waals surface area contributed by atoms with Crippen molar-refractivity contribution >= 4 is 23.9 Å². The lowest BCUT2D eigenvalue weighted by molar-refractivity contribution is -0.147. The first-order chi connectivity index (χ1) is 53.4. The third-order valence-electron chi connectivity index (χ3n) is 23.5. The molecule has 0 heterocycles. The van der Waals surface area contributed by atoms with Gasteiger partial charge in [0.1, 0.15) is 43.7 Å². The van der Waals surface area contributed by atoms with E-state index in [9.17, 15) is 39.6 Å². The molecular formula is C96H134O15. The van der Waals surface area contributed by atoms with Crippen molar-refractivity contribution < 1.29 is 72.8 Å². The van der Waals surface area contributed by atoms with Crippen LogP contribution in [0.25, 0.3) is 33.4 Å². The van der Waals surface area contributed by atoms with Gasteiger partial charge in [0.25, 0.3) is 0 Å². The molecule has 3 aliphatic rings. The van der Waals surface area contributed by atoms with E-state index < -0.39 is 61.1 Å². The van der Waals surface area contributed by atoms with Gasteiger partial charge in [0.2, 0.25) is 0 Å². The zero-order valence-electron chi connectivity index (χ0n) is 69.1. The summed E-state index contributed by atoms with van der Waals surface area (Å²) in [4.78, 5) is 48.4. The van der Waals surface area contributed by atoms with Crippen LogP contribution in [-0.4, -0.2) is 117 Å². The molecule has 15 nitrogen and oxygen atoms in total. The quantitative estimate of drug-likeness (QED) is 0.0124. The van der Waals surface area contributed by atoms with E-state index in [1.165, 1.54) is 138 Å². The summed E-state index contributed by atoms with van der Waals surface area (Å²) in [5, 5.41) is 41.1. The van der Waals surface area contributed by atoms with E-state index in [-0.39, 0.29) is 50.8 Å². The second kappa shape index (κ2) is 45.8. The summed E-state index contributed by atoms with van der Waals surface area (Å²) in [5.74, 6) is 5.04. The second-order valence-corrected chi connectivity index (χ2v) is 32.6. The molecule has 5 aromatic carbocycles. The van der Waals surface area contributed by atoms with E-state index in [1.54, 1.807) is 27.7 Å². The van der Waals surface area contributed by atoms with E-state index in [0.717, 1.165) is 105 Å². The summed E-state index contributed by atoms with van der Waals surface area (Å²) in [6.07, 6.45) is 29.0. The van der Waals surface area contributed by atoms with Gasteiger partial charge in [0.05, 0.1) is 57.1 Å². The maximum atomic E-state index is 12.1. The number of esters is 4. The highest BCUT2D eigenvalue weighted by Crippen LogP contribution is 2.45. The molecule has 608 valence electrons. The van der Waals surface area contributed by atoms with Gasteiger partial charge in [0, 0.05) is 22.3 Å². The highest BCUT2D eigenvalue weighted by molar-refractivity contribution is 5.88. The molecule has 0 bridgehead atoms. The summed E-state index contributed by atoms with van der Waals surface area (Å²) in [5.41, 5.74) is 13.4. The third kappa shape index (κ3) is 26.9. The Kier molecular flexibility index (Phi) is 37.3. The van der Waals surface area contributed by atoms with Crippen molar-refractivity contribution in [2.45, 2.75) is 236 Å². The van der Waals surface area contributed by atoms with Crippen molar-refractivity contribution in [1.29, 1.82) is 0 Å². The molecule has 0 radical (unpaired) electrons. The summed E-state index contributed by atoms with van der Waals surface area (Å²) in [6, 6.07) is 30.7. The van der Waals surface area contributed by atoms with E-state index in [1.807, 2.05) is 12.1 Å². The number of hydrogen-bond acceptors (Lipinski definition) is 15. The van der Waals surface area contributed by atoms with Crippen molar-refractivity contribution in [2.24, 2.45) is 40.4 Å². The second-order valence-electron chi connectivity index (χ2n) is 32.6. The number of aryl methyl sites for hydroxylation is 6. The van der Waals surface area contributed by atoms with Crippen molar-refractivity contribution in [3.8, 4) is 50.6 Å². The smallest absolute Gasteiger partial charge is 0.333 e. The first-order valence-corrected chi connectivity index (χ1v) is 41.7. The van der Waals surface area contributed by atoms with E-state index in [2.05, 4.69) is 141 Å². The van der Waals surface area contributed by atoms with Gasteiger partial charge in [-0.2, -0.15) is 0 Å². The Balaban J connectivity index is 0.000000308. The fourth-order valence-electron chi connectivity index (χ4n) is 16.0. The standard InChI is InChI=1S/C49H66O7.C47H68O8/c1-8-11-12-14-36-16-18-39(19-17-36)40-20-22-41(23-21-40)42-24-25-44(37(9-2)27-42)45-28-43(15-13-26-54-47(52)34(4)5)46(29-38(45)10-3)55-32-49(30-50,31-51)33-56-48(53)35(6)7;1-8-11-35-13-17-38(18-14-35)39-19-15-36(16-20-39)27-53-41-21-22-42(34(7)24-41)43-25-40(12-10-23-52-45(50)32(3)4)44(26-37(43)9-2)54-30-47(28-48,29-49)31-55-46(51)33(5)6/h20-25,27-29,36,39,50-51H,4,6,8-19,26,30-33H2,1-3,5,7H3;21-22,24-26,35-36,38-39,48-49H,3,5,8-20,23,27-31H2,1-2,4,6-7H3. The summed E-state index contributed by atoms with van der Waals surface area (Å²) in [7, 11) is 0. The van der Waals surface area contributed by atoms with Gasteiger partial charge >= 0.3 is 23.9 Å². The lowest BCUT2D eigenvalue weighted by Gasteiger charge is -2.37. The van der Waals surface area contributed by atoms with Gasteiger partial charge in [-0.1, -0.05) is 161 Å². The topological polar surface area (TPSA) is 214 Å². The maximum absolute atomic E-state index is 12.1. The summed E-state index contributed by atoms with van der Waals surface area (Å²) in [6.45, 7) is 32.8. The molecule has 0 atom stereocenters. The van der Waals surface area contributed by atoms with E-state index >= 15 is 0 Å². The van der Waals surface area contributed by atoms with Crippen molar-refractivity contribution in [3.05, 3.63) is 172 Å². The average Bonchev–Trinajstić information content (AvgIpc) is 0.789. The third-order valence-corrected chi connectivity index (χ3v) is 23.5. The van der Waals surface area contributed by atoms with Crippen LogP contribution < -0.4 is 14.2 Å². The predicted molar refractivity (Wildman–Crippen MR) is 446 cm³/mol. The van der Waals surface area contributed by atoms with Crippen LogP contribution in [0.1, 0.15) is 236 Å². The number of rotatable bonds is 43. The summed E-state index contributed by atoms with van der Waals surface area (Å²) >= 11 is 0. The first-order valence-electron chi connectivity index (χ1n) is 41.7. The van der Waals surface area contributed by atoms with Crippen LogP contribution in [0.5, 0.6) is 17.2 Å². The molecule has 0 amide bonds. The molecule has 0 saturated heterocycles. The highest BCUT2D eigenvalue weighted by atomic mass is 16.6. The normalized spacial score (nSPS) is 17.8. The van der Waals surface area contributed by atoms with Crippen LogP contribution in [-0.2, 0) is 70.2 Å². The van der Waals surface area contributed by atoms with Gasteiger partial charge in [-0.25, -0.2) is 19.2 Å². The number of carbonyl (C=O) groups excluding carboxylic acids is 4.